The van der Waals surface area contributed by atoms with Crippen LogP contribution in [0.3, 0.4) is 0 Å². The van der Waals surface area contributed by atoms with Crippen molar-refractivity contribution in [2.45, 2.75) is 51.9 Å². The van der Waals surface area contributed by atoms with Crippen molar-refractivity contribution in [3.8, 4) is 0 Å². The molecule has 0 aliphatic rings. The summed E-state index contributed by atoms with van der Waals surface area (Å²) in [6.45, 7) is 2.25. The number of hydrogen-bond acceptors (Lipinski definition) is 1. The average molecular weight is 208 g/mol. The molecule has 0 fully saturated rings. The summed E-state index contributed by atoms with van der Waals surface area (Å²) in [5.74, 6) is 0. The van der Waals surface area contributed by atoms with Crippen molar-refractivity contribution in [2.75, 3.05) is 0 Å². The molecule has 0 saturated carbocycles. The van der Waals surface area contributed by atoms with Crippen molar-refractivity contribution < 1.29 is 5.11 Å². The summed E-state index contributed by atoms with van der Waals surface area (Å²) in [6.07, 6.45) is 19.9. The van der Waals surface area contributed by atoms with Crippen LogP contribution in [0.4, 0.5) is 0 Å². The van der Waals surface area contributed by atoms with Gasteiger partial charge in [0.2, 0.25) is 0 Å². The van der Waals surface area contributed by atoms with Crippen molar-refractivity contribution in [1.82, 2.24) is 0 Å². The van der Waals surface area contributed by atoms with E-state index in [1.807, 2.05) is 18.2 Å². The second kappa shape index (κ2) is 13.0. The number of aliphatic hydroxyl groups excluding tert-OH is 1. The molecule has 0 aliphatic heterocycles. The molecule has 0 unspecified atom stereocenters. The largest absolute Gasteiger partial charge is 0.516 e. The highest BCUT2D eigenvalue weighted by molar-refractivity contribution is 5.09. The number of allylic oxidation sites excluding steroid dienone is 5. The van der Waals surface area contributed by atoms with Gasteiger partial charge >= 0.3 is 0 Å². The van der Waals surface area contributed by atoms with Crippen molar-refractivity contribution >= 4 is 0 Å². The Morgan fingerprint density at radius 3 is 2.20 bits per heavy atom. The SMILES string of the molecule is CCCCCCCCC=CC=CC=CO. The molecule has 86 valence electrons. The van der Waals surface area contributed by atoms with E-state index in [4.69, 9.17) is 5.11 Å². The van der Waals surface area contributed by atoms with Gasteiger partial charge in [-0.3, -0.25) is 0 Å². The van der Waals surface area contributed by atoms with Crippen molar-refractivity contribution in [3.63, 3.8) is 0 Å². The molecule has 0 aromatic rings. The third-order valence-corrected chi connectivity index (χ3v) is 2.28. The van der Waals surface area contributed by atoms with Crippen molar-refractivity contribution in [2.24, 2.45) is 0 Å². The molecule has 0 aromatic heterocycles. The lowest BCUT2D eigenvalue weighted by Crippen LogP contribution is -1.77. The molecule has 1 nitrogen and oxygen atoms in total. The van der Waals surface area contributed by atoms with Gasteiger partial charge in [-0.1, -0.05) is 63.3 Å². The van der Waals surface area contributed by atoms with Gasteiger partial charge in [-0.05, 0) is 18.9 Å². The summed E-state index contributed by atoms with van der Waals surface area (Å²) < 4.78 is 0. The number of unbranched alkanes of at least 4 members (excludes halogenated alkanes) is 6. The van der Waals surface area contributed by atoms with Crippen LogP contribution < -0.4 is 0 Å². The normalized spacial score (nSPS) is 12.3. The summed E-state index contributed by atoms with van der Waals surface area (Å²) in [5, 5.41) is 8.35. The fourth-order valence-corrected chi connectivity index (χ4v) is 1.40. The van der Waals surface area contributed by atoms with E-state index in [0.29, 0.717) is 0 Å². The van der Waals surface area contributed by atoms with Crippen LogP contribution in [0.15, 0.2) is 36.6 Å². The maximum absolute atomic E-state index is 8.35. The molecule has 0 amide bonds. The molecule has 15 heavy (non-hydrogen) atoms. The lowest BCUT2D eigenvalue weighted by Gasteiger charge is -1.97. The minimum absolute atomic E-state index is 1.04. The highest BCUT2D eigenvalue weighted by atomic mass is 16.2. The standard InChI is InChI=1S/C14H24O/c1-2-3-4-5-6-7-8-9-10-11-12-13-14-15/h9-15H,2-8H2,1H3. The molecule has 0 aliphatic carbocycles. The lowest BCUT2D eigenvalue weighted by atomic mass is 10.1. The minimum Gasteiger partial charge on any atom is -0.516 e. The molecular formula is C14H24O. The van der Waals surface area contributed by atoms with Crippen LogP contribution >= 0.6 is 0 Å². The van der Waals surface area contributed by atoms with E-state index in [-0.39, 0.29) is 0 Å². The van der Waals surface area contributed by atoms with E-state index >= 15 is 0 Å². The molecular weight excluding hydrogens is 184 g/mol. The molecule has 0 atom stereocenters. The molecule has 0 saturated heterocycles. The van der Waals surface area contributed by atoms with E-state index < -0.39 is 0 Å². The summed E-state index contributed by atoms with van der Waals surface area (Å²) in [6, 6.07) is 0. The fourth-order valence-electron chi connectivity index (χ4n) is 1.40. The number of aliphatic hydroxyl groups is 1. The van der Waals surface area contributed by atoms with Crippen molar-refractivity contribution in [1.29, 1.82) is 0 Å². The van der Waals surface area contributed by atoms with Crippen LogP contribution in [-0.4, -0.2) is 5.11 Å². The molecule has 1 N–H and O–H groups in total. The van der Waals surface area contributed by atoms with Gasteiger partial charge in [0.15, 0.2) is 0 Å². The number of rotatable bonds is 9. The van der Waals surface area contributed by atoms with Gasteiger partial charge in [0, 0.05) is 0 Å². The predicted octanol–water partition coefficient (Wildman–Crippen LogP) is 4.92. The topological polar surface area (TPSA) is 20.2 Å². The van der Waals surface area contributed by atoms with E-state index in [9.17, 15) is 0 Å². The number of hydrogen-bond donors (Lipinski definition) is 1. The summed E-state index contributed by atoms with van der Waals surface area (Å²) in [7, 11) is 0. The Bertz CT molecular complexity index is 190. The minimum atomic E-state index is 1.04. The Kier molecular flexibility index (Phi) is 12.2. The highest BCUT2D eigenvalue weighted by Gasteiger charge is 1.87. The van der Waals surface area contributed by atoms with Crippen LogP contribution in [0.5, 0.6) is 0 Å². The van der Waals surface area contributed by atoms with Gasteiger partial charge in [-0.25, -0.2) is 0 Å². The first-order chi connectivity index (χ1) is 7.41. The van der Waals surface area contributed by atoms with E-state index in [1.54, 1.807) is 6.08 Å². The Hall–Kier alpha value is -0.980. The zero-order chi connectivity index (χ0) is 11.2. The van der Waals surface area contributed by atoms with Crippen LogP contribution in [0, 0.1) is 0 Å². The van der Waals surface area contributed by atoms with Crippen LogP contribution in [0.25, 0.3) is 0 Å². The lowest BCUT2D eigenvalue weighted by molar-refractivity contribution is 0.474. The van der Waals surface area contributed by atoms with Gasteiger partial charge in [-0.15, -0.1) is 0 Å². The zero-order valence-corrected chi connectivity index (χ0v) is 9.86. The summed E-state index contributed by atoms with van der Waals surface area (Å²) >= 11 is 0. The third kappa shape index (κ3) is 13.0. The zero-order valence-electron chi connectivity index (χ0n) is 9.86. The Labute approximate surface area is 94.2 Å². The van der Waals surface area contributed by atoms with Gasteiger partial charge in [0.05, 0.1) is 6.26 Å². The molecule has 0 aromatic carbocycles. The molecule has 0 bridgehead atoms. The molecule has 1 heteroatoms. The van der Waals surface area contributed by atoms with Crippen LogP contribution in [0.2, 0.25) is 0 Å². The summed E-state index contributed by atoms with van der Waals surface area (Å²) in [5.41, 5.74) is 0. The van der Waals surface area contributed by atoms with E-state index in [2.05, 4.69) is 13.0 Å². The third-order valence-electron chi connectivity index (χ3n) is 2.28. The van der Waals surface area contributed by atoms with Gasteiger partial charge < -0.3 is 5.11 Å². The van der Waals surface area contributed by atoms with E-state index in [0.717, 1.165) is 6.26 Å². The molecule has 0 spiro atoms. The van der Waals surface area contributed by atoms with Gasteiger partial charge in [0.1, 0.15) is 0 Å². The second-order valence-corrected chi connectivity index (χ2v) is 3.71. The Morgan fingerprint density at radius 1 is 0.800 bits per heavy atom. The molecule has 0 heterocycles. The Balaban J connectivity index is 3.16. The maximum Gasteiger partial charge on any atom is 0.0791 e. The predicted molar refractivity (Wildman–Crippen MR) is 68.0 cm³/mol. The van der Waals surface area contributed by atoms with Crippen LogP contribution in [-0.2, 0) is 0 Å². The first kappa shape index (κ1) is 14.0. The van der Waals surface area contributed by atoms with Gasteiger partial charge in [0.25, 0.3) is 0 Å². The Morgan fingerprint density at radius 2 is 1.47 bits per heavy atom. The monoisotopic (exact) mass is 208 g/mol. The molecule has 0 radical (unpaired) electrons. The second-order valence-electron chi connectivity index (χ2n) is 3.71. The highest BCUT2D eigenvalue weighted by Crippen LogP contribution is 2.06. The summed E-state index contributed by atoms with van der Waals surface area (Å²) in [4.78, 5) is 0. The van der Waals surface area contributed by atoms with Crippen LogP contribution in [0.1, 0.15) is 51.9 Å². The van der Waals surface area contributed by atoms with Gasteiger partial charge in [-0.2, -0.15) is 0 Å². The quantitative estimate of drug-likeness (QED) is 0.324. The average Bonchev–Trinajstić information content (AvgIpc) is 2.26. The van der Waals surface area contributed by atoms with Crippen molar-refractivity contribution in [3.05, 3.63) is 36.6 Å². The smallest absolute Gasteiger partial charge is 0.0791 e. The fraction of sp³-hybridized carbons (Fsp3) is 0.571. The molecule has 0 rings (SSSR count). The maximum atomic E-state index is 8.35. The first-order valence-electron chi connectivity index (χ1n) is 6.04. The first-order valence-corrected chi connectivity index (χ1v) is 6.04. The van der Waals surface area contributed by atoms with E-state index in [1.165, 1.54) is 44.9 Å².